The third kappa shape index (κ3) is 4.08. The Morgan fingerprint density at radius 2 is 2.37 bits per heavy atom. The van der Waals surface area contributed by atoms with Crippen LogP contribution in [0.2, 0.25) is 5.02 Å². The van der Waals surface area contributed by atoms with Crippen LogP contribution < -0.4 is 10.1 Å². The first-order valence-corrected chi connectivity index (χ1v) is 6.93. The van der Waals surface area contributed by atoms with Gasteiger partial charge in [-0.05, 0) is 26.2 Å². The summed E-state index contributed by atoms with van der Waals surface area (Å²) in [4.78, 5) is 2.25. The second-order valence-corrected chi connectivity index (χ2v) is 5.22. The van der Waals surface area contributed by atoms with Gasteiger partial charge in [-0.3, -0.25) is 0 Å². The Hall–Kier alpha value is -0.810. The van der Waals surface area contributed by atoms with E-state index in [1.807, 2.05) is 25.2 Å². The predicted molar refractivity (Wildman–Crippen MR) is 76.9 cm³/mol. The highest BCUT2D eigenvalue weighted by Gasteiger charge is 2.19. The maximum absolute atomic E-state index is 6.19. The van der Waals surface area contributed by atoms with E-state index >= 15 is 0 Å². The van der Waals surface area contributed by atoms with Gasteiger partial charge in [-0.25, -0.2) is 0 Å². The van der Waals surface area contributed by atoms with Gasteiger partial charge in [-0.15, -0.1) is 0 Å². The van der Waals surface area contributed by atoms with Crippen molar-refractivity contribution in [3.8, 4) is 5.75 Å². The summed E-state index contributed by atoms with van der Waals surface area (Å²) in [7, 11) is 3.99. The van der Waals surface area contributed by atoms with Crippen molar-refractivity contribution in [2.45, 2.75) is 12.6 Å². The standard InChI is InChI=1S/C14H21ClN2O2/c1-16-8-12-13(15)4-3-5-14(12)19-10-11-9-17(2)6-7-18-11/h3-5,11,16H,6-10H2,1-2H3. The third-order valence-electron chi connectivity index (χ3n) is 3.20. The Bertz CT molecular complexity index is 414. The van der Waals surface area contributed by atoms with Crippen molar-refractivity contribution in [3.63, 3.8) is 0 Å². The lowest BCUT2D eigenvalue weighted by molar-refractivity contribution is -0.0404. The fraction of sp³-hybridized carbons (Fsp3) is 0.571. The molecule has 1 aromatic carbocycles. The summed E-state index contributed by atoms with van der Waals surface area (Å²) >= 11 is 6.19. The molecule has 1 unspecified atom stereocenters. The van der Waals surface area contributed by atoms with E-state index in [0.717, 1.165) is 36.0 Å². The van der Waals surface area contributed by atoms with Crippen molar-refractivity contribution in [2.75, 3.05) is 40.4 Å². The molecule has 1 aromatic rings. The SMILES string of the molecule is CNCc1c(Cl)cccc1OCC1CN(C)CCO1. The first-order chi connectivity index (χ1) is 9.20. The number of hydrogen-bond donors (Lipinski definition) is 1. The van der Waals surface area contributed by atoms with Gasteiger partial charge in [-0.2, -0.15) is 0 Å². The molecule has 1 fully saturated rings. The molecule has 0 saturated carbocycles. The first kappa shape index (κ1) is 14.6. The van der Waals surface area contributed by atoms with E-state index in [1.165, 1.54) is 0 Å². The molecule has 1 heterocycles. The summed E-state index contributed by atoms with van der Waals surface area (Å²) in [5.41, 5.74) is 0.996. The van der Waals surface area contributed by atoms with Gasteiger partial charge in [-0.1, -0.05) is 17.7 Å². The molecule has 0 aromatic heterocycles. The van der Waals surface area contributed by atoms with Crippen LogP contribution >= 0.6 is 11.6 Å². The largest absolute Gasteiger partial charge is 0.490 e. The van der Waals surface area contributed by atoms with Crippen molar-refractivity contribution in [1.82, 2.24) is 10.2 Å². The van der Waals surface area contributed by atoms with E-state index in [2.05, 4.69) is 17.3 Å². The summed E-state index contributed by atoms with van der Waals surface area (Å²) < 4.78 is 11.6. The van der Waals surface area contributed by atoms with E-state index < -0.39 is 0 Å². The normalized spacial score (nSPS) is 20.5. The molecule has 0 bridgehead atoms. The van der Waals surface area contributed by atoms with E-state index in [1.54, 1.807) is 0 Å². The Labute approximate surface area is 119 Å². The smallest absolute Gasteiger partial charge is 0.125 e. The second-order valence-electron chi connectivity index (χ2n) is 4.81. The molecule has 2 rings (SSSR count). The van der Waals surface area contributed by atoms with Crippen LogP contribution in [0.25, 0.3) is 0 Å². The maximum Gasteiger partial charge on any atom is 0.125 e. The van der Waals surface area contributed by atoms with Gasteiger partial charge in [0.25, 0.3) is 0 Å². The van der Waals surface area contributed by atoms with Crippen LogP contribution in [0.1, 0.15) is 5.56 Å². The molecule has 0 spiro atoms. The molecule has 4 nitrogen and oxygen atoms in total. The summed E-state index contributed by atoms with van der Waals surface area (Å²) in [5.74, 6) is 0.832. The molecule has 1 aliphatic rings. The number of rotatable bonds is 5. The highest BCUT2D eigenvalue weighted by atomic mass is 35.5. The fourth-order valence-electron chi connectivity index (χ4n) is 2.17. The predicted octanol–water partition coefficient (Wildman–Crippen LogP) is 1.77. The quantitative estimate of drug-likeness (QED) is 0.894. The minimum absolute atomic E-state index is 0.125. The number of ether oxygens (including phenoxy) is 2. The van der Waals surface area contributed by atoms with Gasteiger partial charge < -0.3 is 19.7 Å². The highest BCUT2D eigenvalue weighted by Crippen LogP contribution is 2.26. The molecule has 19 heavy (non-hydrogen) atoms. The molecular formula is C14H21ClN2O2. The van der Waals surface area contributed by atoms with Crippen molar-refractivity contribution >= 4 is 11.6 Å². The Balaban J connectivity index is 1.96. The number of benzene rings is 1. The van der Waals surface area contributed by atoms with Gasteiger partial charge in [0.1, 0.15) is 18.5 Å². The second kappa shape index (κ2) is 7.10. The van der Waals surface area contributed by atoms with E-state index in [9.17, 15) is 0 Å². The summed E-state index contributed by atoms with van der Waals surface area (Å²) in [6.07, 6.45) is 0.125. The molecule has 0 aliphatic carbocycles. The number of nitrogens with zero attached hydrogens (tertiary/aromatic N) is 1. The molecule has 1 atom stereocenters. The van der Waals surface area contributed by atoms with Crippen LogP contribution in [-0.2, 0) is 11.3 Å². The number of hydrogen-bond acceptors (Lipinski definition) is 4. The Morgan fingerprint density at radius 3 is 3.11 bits per heavy atom. The molecule has 5 heteroatoms. The van der Waals surface area contributed by atoms with Crippen molar-refractivity contribution in [3.05, 3.63) is 28.8 Å². The maximum atomic E-state index is 6.19. The lowest BCUT2D eigenvalue weighted by Crippen LogP contribution is -2.42. The third-order valence-corrected chi connectivity index (χ3v) is 3.55. The topological polar surface area (TPSA) is 33.7 Å². The Kier molecular flexibility index (Phi) is 5.45. The van der Waals surface area contributed by atoms with Crippen molar-refractivity contribution in [1.29, 1.82) is 0 Å². The zero-order valence-electron chi connectivity index (χ0n) is 11.5. The lowest BCUT2D eigenvalue weighted by atomic mass is 10.2. The number of likely N-dealkylation sites (N-methyl/N-ethyl adjacent to an activating group) is 1. The molecule has 1 N–H and O–H groups in total. The zero-order valence-corrected chi connectivity index (χ0v) is 12.2. The van der Waals surface area contributed by atoms with Crippen LogP contribution in [-0.4, -0.2) is 51.4 Å². The van der Waals surface area contributed by atoms with Crippen molar-refractivity contribution < 1.29 is 9.47 Å². The minimum Gasteiger partial charge on any atom is -0.490 e. The summed E-state index contributed by atoms with van der Waals surface area (Å²) in [6.45, 7) is 3.91. The number of halogens is 1. The van der Waals surface area contributed by atoms with Gasteiger partial charge in [0, 0.05) is 30.2 Å². The Morgan fingerprint density at radius 1 is 1.53 bits per heavy atom. The number of nitrogens with one attached hydrogen (secondary N) is 1. The molecule has 0 amide bonds. The minimum atomic E-state index is 0.125. The first-order valence-electron chi connectivity index (χ1n) is 6.55. The van der Waals surface area contributed by atoms with Gasteiger partial charge in [0.05, 0.1) is 6.61 Å². The van der Waals surface area contributed by atoms with Gasteiger partial charge >= 0.3 is 0 Å². The van der Waals surface area contributed by atoms with Crippen LogP contribution in [0.3, 0.4) is 0 Å². The molecule has 0 radical (unpaired) electrons. The average Bonchev–Trinajstić information content (AvgIpc) is 2.40. The average molecular weight is 285 g/mol. The van der Waals surface area contributed by atoms with Crippen LogP contribution in [0.15, 0.2) is 18.2 Å². The molecule has 106 valence electrons. The number of morpholine rings is 1. The van der Waals surface area contributed by atoms with Crippen LogP contribution in [0, 0.1) is 0 Å². The fourth-order valence-corrected chi connectivity index (χ4v) is 2.41. The monoisotopic (exact) mass is 284 g/mol. The van der Waals surface area contributed by atoms with Crippen molar-refractivity contribution in [2.24, 2.45) is 0 Å². The molecular weight excluding hydrogens is 264 g/mol. The van der Waals surface area contributed by atoms with E-state index in [-0.39, 0.29) is 6.10 Å². The molecule has 1 saturated heterocycles. The van der Waals surface area contributed by atoms with E-state index in [0.29, 0.717) is 13.2 Å². The van der Waals surface area contributed by atoms with E-state index in [4.69, 9.17) is 21.1 Å². The lowest BCUT2D eigenvalue weighted by Gasteiger charge is -2.30. The highest BCUT2D eigenvalue weighted by molar-refractivity contribution is 6.31. The van der Waals surface area contributed by atoms with Gasteiger partial charge in [0.2, 0.25) is 0 Å². The van der Waals surface area contributed by atoms with Crippen LogP contribution in [0.5, 0.6) is 5.75 Å². The molecule has 1 aliphatic heterocycles. The van der Waals surface area contributed by atoms with Crippen LogP contribution in [0.4, 0.5) is 0 Å². The summed E-state index contributed by atoms with van der Waals surface area (Å²) in [6, 6.07) is 5.74. The summed E-state index contributed by atoms with van der Waals surface area (Å²) in [5, 5.41) is 3.84. The zero-order chi connectivity index (χ0) is 13.7. The van der Waals surface area contributed by atoms with Gasteiger partial charge in [0.15, 0.2) is 0 Å².